The molecule has 16 heavy (non-hydrogen) atoms. The SMILES string of the molecule is CNCC1(C(NC)c2ccc(Br)cc2)CC1. The zero-order valence-corrected chi connectivity index (χ0v) is 11.5. The fourth-order valence-corrected chi connectivity index (χ4v) is 2.83. The van der Waals surface area contributed by atoms with Gasteiger partial charge in [-0.15, -0.1) is 0 Å². The Morgan fingerprint density at radius 2 is 1.88 bits per heavy atom. The van der Waals surface area contributed by atoms with Crippen LogP contribution in [-0.2, 0) is 0 Å². The lowest BCUT2D eigenvalue weighted by atomic mass is 9.90. The molecule has 2 N–H and O–H groups in total. The third-order valence-corrected chi connectivity index (χ3v) is 4.05. The van der Waals surface area contributed by atoms with Crippen molar-refractivity contribution < 1.29 is 0 Å². The lowest BCUT2D eigenvalue weighted by molar-refractivity contribution is 0.347. The van der Waals surface area contributed by atoms with Gasteiger partial charge in [-0.25, -0.2) is 0 Å². The summed E-state index contributed by atoms with van der Waals surface area (Å²) in [7, 11) is 4.09. The number of hydrogen-bond donors (Lipinski definition) is 2. The van der Waals surface area contributed by atoms with Crippen LogP contribution in [0.5, 0.6) is 0 Å². The molecule has 0 aliphatic heterocycles. The van der Waals surface area contributed by atoms with Crippen molar-refractivity contribution in [1.82, 2.24) is 10.6 Å². The summed E-state index contributed by atoms with van der Waals surface area (Å²) in [6.07, 6.45) is 2.63. The van der Waals surface area contributed by atoms with Crippen molar-refractivity contribution in [1.29, 1.82) is 0 Å². The van der Waals surface area contributed by atoms with Crippen LogP contribution in [0.1, 0.15) is 24.4 Å². The molecule has 0 spiro atoms. The molecule has 1 aliphatic carbocycles. The van der Waals surface area contributed by atoms with Crippen molar-refractivity contribution >= 4 is 15.9 Å². The van der Waals surface area contributed by atoms with Gasteiger partial charge in [0.2, 0.25) is 0 Å². The lowest BCUT2D eigenvalue weighted by Crippen LogP contribution is -2.33. The molecule has 0 aromatic heterocycles. The van der Waals surface area contributed by atoms with Crippen LogP contribution < -0.4 is 10.6 Å². The predicted octanol–water partition coefficient (Wildman–Crippen LogP) is 2.71. The molecule has 0 radical (unpaired) electrons. The molecule has 0 heterocycles. The van der Waals surface area contributed by atoms with Crippen LogP contribution in [-0.4, -0.2) is 20.6 Å². The van der Waals surface area contributed by atoms with E-state index >= 15 is 0 Å². The first-order valence-corrected chi connectivity index (χ1v) is 6.58. The van der Waals surface area contributed by atoms with E-state index in [0.717, 1.165) is 11.0 Å². The molecular weight excluding hydrogens is 264 g/mol. The highest BCUT2D eigenvalue weighted by Gasteiger charge is 2.48. The van der Waals surface area contributed by atoms with Gasteiger partial charge in [0, 0.05) is 22.5 Å². The van der Waals surface area contributed by atoms with Gasteiger partial charge in [0.25, 0.3) is 0 Å². The van der Waals surface area contributed by atoms with Crippen LogP contribution in [0.15, 0.2) is 28.7 Å². The predicted molar refractivity (Wildman–Crippen MR) is 71.5 cm³/mol. The number of halogens is 1. The fraction of sp³-hybridized carbons (Fsp3) is 0.538. The fourth-order valence-electron chi connectivity index (χ4n) is 2.56. The van der Waals surface area contributed by atoms with Gasteiger partial charge in [0.1, 0.15) is 0 Å². The van der Waals surface area contributed by atoms with Crippen LogP contribution in [0.2, 0.25) is 0 Å². The van der Waals surface area contributed by atoms with Gasteiger partial charge < -0.3 is 10.6 Å². The largest absolute Gasteiger partial charge is 0.319 e. The first-order chi connectivity index (χ1) is 7.72. The first kappa shape index (κ1) is 12.1. The summed E-state index contributed by atoms with van der Waals surface area (Å²) in [6.45, 7) is 1.09. The van der Waals surface area contributed by atoms with E-state index in [1.165, 1.54) is 18.4 Å². The highest BCUT2D eigenvalue weighted by molar-refractivity contribution is 9.10. The molecule has 1 aromatic carbocycles. The Bertz CT molecular complexity index is 343. The van der Waals surface area contributed by atoms with E-state index in [1.807, 2.05) is 7.05 Å². The molecule has 0 amide bonds. The molecule has 0 bridgehead atoms. The highest BCUT2D eigenvalue weighted by Crippen LogP contribution is 2.54. The Kier molecular flexibility index (Phi) is 3.67. The maximum absolute atomic E-state index is 3.48. The molecule has 88 valence electrons. The Morgan fingerprint density at radius 3 is 2.31 bits per heavy atom. The molecule has 1 aromatic rings. The van der Waals surface area contributed by atoms with Gasteiger partial charge in [-0.2, -0.15) is 0 Å². The molecule has 2 rings (SSSR count). The average Bonchev–Trinajstić information content (AvgIpc) is 3.03. The van der Waals surface area contributed by atoms with Gasteiger partial charge in [0.15, 0.2) is 0 Å². The highest BCUT2D eigenvalue weighted by atomic mass is 79.9. The second-order valence-corrected chi connectivity index (χ2v) is 5.58. The Morgan fingerprint density at radius 1 is 1.25 bits per heavy atom. The first-order valence-electron chi connectivity index (χ1n) is 5.79. The Labute approximate surface area is 106 Å². The summed E-state index contributed by atoms with van der Waals surface area (Å²) in [6, 6.07) is 9.12. The molecule has 1 aliphatic rings. The number of benzene rings is 1. The average molecular weight is 283 g/mol. The summed E-state index contributed by atoms with van der Waals surface area (Å²) < 4.78 is 1.14. The quantitative estimate of drug-likeness (QED) is 0.868. The topological polar surface area (TPSA) is 24.1 Å². The van der Waals surface area contributed by atoms with E-state index in [1.54, 1.807) is 0 Å². The third kappa shape index (κ3) is 2.31. The maximum atomic E-state index is 3.48. The standard InChI is InChI=1S/C13H19BrN2/c1-15-9-13(7-8-13)12(16-2)10-3-5-11(14)6-4-10/h3-6,12,15-16H,7-9H2,1-2H3. The molecule has 1 saturated carbocycles. The van der Waals surface area contributed by atoms with Crippen LogP contribution in [0.25, 0.3) is 0 Å². The van der Waals surface area contributed by atoms with E-state index < -0.39 is 0 Å². The summed E-state index contributed by atoms with van der Waals surface area (Å²) in [5.41, 5.74) is 1.82. The molecule has 1 atom stereocenters. The molecule has 1 fully saturated rings. The summed E-state index contributed by atoms with van der Waals surface area (Å²) in [5, 5.41) is 6.79. The van der Waals surface area contributed by atoms with E-state index in [4.69, 9.17) is 0 Å². The minimum atomic E-state index is 0.428. The number of rotatable bonds is 5. The van der Waals surface area contributed by atoms with Crippen molar-refractivity contribution in [3.05, 3.63) is 34.3 Å². The Hall–Kier alpha value is -0.380. The molecule has 2 nitrogen and oxygen atoms in total. The minimum absolute atomic E-state index is 0.428. The van der Waals surface area contributed by atoms with Gasteiger partial charge in [-0.1, -0.05) is 28.1 Å². The van der Waals surface area contributed by atoms with E-state index in [0.29, 0.717) is 11.5 Å². The van der Waals surface area contributed by atoms with Crippen LogP contribution in [0.3, 0.4) is 0 Å². The van der Waals surface area contributed by atoms with Gasteiger partial charge in [-0.3, -0.25) is 0 Å². The van der Waals surface area contributed by atoms with E-state index in [-0.39, 0.29) is 0 Å². The van der Waals surface area contributed by atoms with Crippen molar-refractivity contribution in [3.63, 3.8) is 0 Å². The van der Waals surface area contributed by atoms with Crippen LogP contribution in [0.4, 0.5) is 0 Å². The zero-order chi connectivity index (χ0) is 11.6. The second-order valence-electron chi connectivity index (χ2n) is 4.67. The Balaban J connectivity index is 2.19. The second kappa shape index (κ2) is 4.86. The maximum Gasteiger partial charge on any atom is 0.0386 e. The van der Waals surface area contributed by atoms with Crippen molar-refractivity contribution in [3.8, 4) is 0 Å². The summed E-state index contributed by atoms with van der Waals surface area (Å²) >= 11 is 3.48. The number of nitrogens with one attached hydrogen (secondary N) is 2. The monoisotopic (exact) mass is 282 g/mol. The smallest absolute Gasteiger partial charge is 0.0386 e. The zero-order valence-electron chi connectivity index (χ0n) is 9.89. The van der Waals surface area contributed by atoms with Crippen molar-refractivity contribution in [2.45, 2.75) is 18.9 Å². The van der Waals surface area contributed by atoms with Crippen LogP contribution in [0, 0.1) is 5.41 Å². The number of hydrogen-bond acceptors (Lipinski definition) is 2. The molecule has 1 unspecified atom stereocenters. The summed E-state index contributed by atoms with van der Waals surface area (Å²) in [4.78, 5) is 0. The van der Waals surface area contributed by atoms with Crippen LogP contribution >= 0.6 is 15.9 Å². The normalized spacial score (nSPS) is 19.4. The van der Waals surface area contributed by atoms with E-state index in [9.17, 15) is 0 Å². The third-order valence-electron chi connectivity index (χ3n) is 3.53. The van der Waals surface area contributed by atoms with Gasteiger partial charge in [0.05, 0.1) is 0 Å². The molecular formula is C13H19BrN2. The summed E-state index contributed by atoms with van der Waals surface area (Å²) in [5.74, 6) is 0. The molecule has 3 heteroatoms. The minimum Gasteiger partial charge on any atom is -0.319 e. The lowest BCUT2D eigenvalue weighted by Gasteiger charge is -2.27. The molecule has 0 saturated heterocycles. The van der Waals surface area contributed by atoms with Crippen molar-refractivity contribution in [2.24, 2.45) is 5.41 Å². The van der Waals surface area contributed by atoms with Gasteiger partial charge >= 0.3 is 0 Å². The van der Waals surface area contributed by atoms with Gasteiger partial charge in [-0.05, 0) is 44.6 Å². The van der Waals surface area contributed by atoms with Crippen molar-refractivity contribution in [2.75, 3.05) is 20.6 Å². The van der Waals surface area contributed by atoms with E-state index in [2.05, 4.69) is 57.9 Å².